The van der Waals surface area contributed by atoms with Crippen LogP contribution < -0.4 is 9.47 Å². The zero-order chi connectivity index (χ0) is 14.4. The molecule has 1 amide bonds. The van der Waals surface area contributed by atoms with Gasteiger partial charge in [-0.3, -0.25) is 4.79 Å². The number of nitrogens with zero attached hydrogens (tertiary/aromatic N) is 1. The molecule has 0 saturated carbocycles. The molecule has 2 aliphatic heterocycles. The highest BCUT2D eigenvalue weighted by molar-refractivity contribution is 5.76. The summed E-state index contributed by atoms with van der Waals surface area (Å²) >= 11 is 0. The molecule has 0 N–H and O–H groups in total. The van der Waals surface area contributed by atoms with Crippen LogP contribution in [0.3, 0.4) is 0 Å². The third-order valence-corrected chi connectivity index (χ3v) is 5.18. The second kappa shape index (κ2) is 4.93. The van der Waals surface area contributed by atoms with Gasteiger partial charge in [0.1, 0.15) is 0 Å². The normalized spacial score (nSPS) is 26.2. The Morgan fingerprint density at radius 3 is 3.10 bits per heavy atom. The van der Waals surface area contributed by atoms with Crippen LogP contribution in [0.5, 0.6) is 11.5 Å². The Kier molecular flexibility index (Phi) is 3.05. The topological polar surface area (TPSA) is 38.8 Å². The van der Waals surface area contributed by atoms with Crippen molar-refractivity contribution in [3.63, 3.8) is 0 Å². The van der Waals surface area contributed by atoms with Gasteiger partial charge in [0.2, 0.25) is 12.7 Å². The van der Waals surface area contributed by atoms with Crippen molar-refractivity contribution in [1.29, 1.82) is 0 Å². The van der Waals surface area contributed by atoms with Crippen LogP contribution in [0.15, 0.2) is 12.1 Å². The number of carbonyl (C=O) groups excluding carboxylic acids is 1. The van der Waals surface area contributed by atoms with Crippen molar-refractivity contribution in [2.24, 2.45) is 5.92 Å². The van der Waals surface area contributed by atoms with Gasteiger partial charge in [0.25, 0.3) is 0 Å². The first-order chi connectivity index (χ1) is 10.3. The standard InChI is InChI=1S/C17H21NO3/c1-2-16(19)18-7-3-4-12-8-13-11(9-14(12)18)5-6-15-17(13)21-10-20-15/h5-6,12,14H,2-4,7-10H2,1H3. The second-order valence-corrected chi connectivity index (χ2v) is 6.26. The first-order valence-corrected chi connectivity index (χ1v) is 7.97. The number of amides is 1. The minimum atomic E-state index is 0.300. The summed E-state index contributed by atoms with van der Waals surface area (Å²) in [6.07, 6.45) is 4.91. The molecular weight excluding hydrogens is 266 g/mol. The molecule has 4 nitrogen and oxygen atoms in total. The smallest absolute Gasteiger partial charge is 0.231 e. The van der Waals surface area contributed by atoms with E-state index in [4.69, 9.17) is 9.47 Å². The Morgan fingerprint density at radius 1 is 1.33 bits per heavy atom. The molecular formula is C17H21NO3. The minimum Gasteiger partial charge on any atom is -0.454 e. The van der Waals surface area contributed by atoms with Crippen LogP contribution >= 0.6 is 0 Å². The third-order valence-electron chi connectivity index (χ3n) is 5.18. The molecule has 1 aliphatic carbocycles. The molecule has 0 radical (unpaired) electrons. The first-order valence-electron chi connectivity index (χ1n) is 7.97. The van der Waals surface area contributed by atoms with E-state index in [0.29, 0.717) is 31.1 Å². The summed E-state index contributed by atoms with van der Waals surface area (Å²) in [5.41, 5.74) is 2.65. The summed E-state index contributed by atoms with van der Waals surface area (Å²) < 4.78 is 11.2. The molecule has 2 heterocycles. The monoisotopic (exact) mass is 287 g/mol. The van der Waals surface area contributed by atoms with Crippen molar-refractivity contribution in [3.8, 4) is 11.5 Å². The predicted molar refractivity (Wildman–Crippen MR) is 78.5 cm³/mol. The molecule has 4 heteroatoms. The van der Waals surface area contributed by atoms with Crippen molar-refractivity contribution in [2.75, 3.05) is 13.3 Å². The molecule has 0 aromatic heterocycles. The van der Waals surface area contributed by atoms with Crippen LogP contribution in [0.1, 0.15) is 37.3 Å². The summed E-state index contributed by atoms with van der Waals surface area (Å²) in [4.78, 5) is 14.3. The van der Waals surface area contributed by atoms with Crippen LogP contribution in [-0.4, -0.2) is 30.2 Å². The van der Waals surface area contributed by atoms with Gasteiger partial charge in [-0.25, -0.2) is 0 Å². The van der Waals surface area contributed by atoms with Gasteiger partial charge < -0.3 is 14.4 Å². The van der Waals surface area contributed by atoms with Crippen molar-refractivity contribution in [1.82, 2.24) is 4.90 Å². The van der Waals surface area contributed by atoms with Crippen LogP contribution in [0.25, 0.3) is 0 Å². The van der Waals surface area contributed by atoms with Gasteiger partial charge in [-0.05, 0) is 43.2 Å². The average Bonchev–Trinajstić information content (AvgIpc) is 3.00. The number of ether oxygens (including phenoxy) is 2. The maximum atomic E-state index is 12.2. The van der Waals surface area contributed by atoms with E-state index in [-0.39, 0.29) is 0 Å². The van der Waals surface area contributed by atoms with Gasteiger partial charge in [-0.15, -0.1) is 0 Å². The lowest BCUT2D eigenvalue weighted by Crippen LogP contribution is -2.51. The fraction of sp³-hybridized carbons (Fsp3) is 0.588. The van der Waals surface area contributed by atoms with Gasteiger partial charge in [-0.1, -0.05) is 13.0 Å². The Morgan fingerprint density at radius 2 is 2.24 bits per heavy atom. The maximum Gasteiger partial charge on any atom is 0.231 e. The van der Waals surface area contributed by atoms with E-state index >= 15 is 0 Å². The number of likely N-dealkylation sites (tertiary alicyclic amines) is 1. The lowest BCUT2D eigenvalue weighted by Gasteiger charge is -2.44. The largest absolute Gasteiger partial charge is 0.454 e. The van der Waals surface area contributed by atoms with Gasteiger partial charge in [0.15, 0.2) is 11.5 Å². The van der Waals surface area contributed by atoms with Gasteiger partial charge >= 0.3 is 0 Å². The quantitative estimate of drug-likeness (QED) is 0.796. The molecule has 0 spiro atoms. The third kappa shape index (κ3) is 2.00. The number of hydrogen-bond donors (Lipinski definition) is 0. The van der Waals surface area contributed by atoms with E-state index in [1.54, 1.807) is 0 Å². The summed E-state index contributed by atoms with van der Waals surface area (Å²) in [6, 6.07) is 4.54. The van der Waals surface area contributed by atoms with Gasteiger partial charge in [-0.2, -0.15) is 0 Å². The van der Waals surface area contributed by atoms with E-state index in [9.17, 15) is 4.79 Å². The predicted octanol–water partition coefficient (Wildman–Crippen LogP) is 2.53. The number of hydrogen-bond acceptors (Lipinski definition) is 3. The molecule has 1 fully saturated rings. The molecule has 3 aliphatic rings. The highest BCUT2D eigenvalue weighted by Gasteiger charge is 2.39. The fourth-order valence-corrected chi connectivity index (χ4v) is 4.14. The molecule has 2 unspecified atom stereocenters. The lowest BCUT2D eigenvalue weighted by atomic mass is 9.75. The zero-order valence-corrected chi connectivity index (χ0v) is 12.4. The number of piperidine rings is 1. The molecule has 4 rings (SSSR count). The lowest BCUT2D eigenvalue weighted by molar-refractivity contribution is -0.136. The van der Waals surface area contributed by atoms with Crippen LogP contribution in [0.2, 0.25) is 0 Å². The molecule has 112 valence electrons. The molecule has 21 heavy (non-hydrogen) atoms. The summed E-state index contributed by atoms with van der Waals surface area (Å²) in [5.74, 6) is 2.70. The maximum absolute atomic E-state index is 12.2. The molecule has 1 aromatic carbocycles. The number of rotatable bonds is 1. The van der Waals surface area contributed by atoms with Crippen molar-refractivity contribution >= 4 is 5.91 Å². The molecule has 1 saturated heterocycles. The highest BCUT2D eigenvalue weighted by Crippen LogP contribution is 2.44. The van der Waals surface area contributed by atoms with Crippen molar-refractivity contribution in [3.05, 3.63) is 23.3 Å². The summed E-state index contributed by atoms with van der Waals surface area (Å²) in [6.45, 7) is 3.22. The summed E-state index contributed by atoms with van der Waals surface area (Å²) in [7, 11) is 0. The van der Waals surface area contributed by atoms with E-state index in [2.05, 4.69) is 11.0 Å². The van der Waals surface area contributed by atoms with Gasteiger partial charge in [0, 0.05) is 24.6 Å². The Balaban J connectivity index is 1.68. The average molecular weight is 287 g/mol. The van der Waals surface area contributed by atoms with Crippen molar-refractivity contribution < 1.29 is 14.3 Å². The molecule has 2 atom stereocenters. The Hall–Kier alpha value is -1.71. The van der Waals surface area contributed by atoms with E-state index < -0.39 is 0 Å². The van der Waals surface area contributed by atoms with E-state index in [1.165, 1.54) is 17.5 Å². The van der Waals surface area contributed by atoms with Gasteiger partial charge in [0.05, 0.1) is 0 Å². The fourth-order valence-electron chi connectivity index (χ4n) is 4.14. The first kappa shape index (κ1) is 13.0. The highest BCUT2D eigenvalue weighted by atomic mass is 16.7. The van der Waals surface area contributed by atoms with Crippen molar-refractivity contribution in [2.45, 2.75) is 45.1 Å². The minimum absolute atomic E-state index is 0.300. The number of carbonyl (C=O) groups is 1. The second-order valence-electron chi connectivity index (χ2n) is 6.26. The van der Waals surface area contributed by atoms with Crippen LogP contribution in [-0.2, 0) is 17.6 Å². The van der Waals surface area contributed by atoms with E-state index in [1.807, 2.05) is 13.0 Å². The summed E-state index contributed by atoms with van der Waals surface area (Å²) in [5, 5.41) is 0. The van der Waals surface area contributed by atoms with Crippen LogP contribution in [0, 0.1) is 5.92 Å². The van der Waals surface area contributed by atoms with E-state index in [0.717, 1.165) is 37.3 Å². The molecule has 1 aromatic rings. The zero-order valence-electron chi connectivity index (χ0n) is 12.4. The number of benzene rings is 1. The SMILES string of the molecule is CCC(=O)N1CCCC2Cc3c(ccc4c3OCO4)CC21. The number of fused-ring (bicyclic) bond motifs is 4. The molecule has 0 bridgehead atoms. The van der Waals surface area contributed by atoms with Crippen LogP contribution in [0.4, 0.5) is 0 Å². The Labute approximate surface area is 125 Å². The Bertz CT molecular complexity index is 584.